The second-order valence-electron chi connectivity index (χ2n) is 23.1. The minimum atomic E-state index is -4.59. The lowest BCUT2D eigenvalue weighted by molar-refractivity contribution is -0.870. The first kappa shape index (κ1) is 71.7. The highest BCUT2D eigenvalue weighted by Gasteiger charge is 2.23. The molecule has 0 fully saturated rings. The lowest BCUT2D eigenvalue weighted by Gasteiger charge is -2.29. The van der Waals surface area contributed by atoms with Crippen LogP contribution in [-0.4, -0.2) is 68.5 Å². The Labute approximate surface area is 455 Å². The standard InChI is InChI=1S/C64H125N2O6P/c1-6-8-10-12-14-16-18-20-21-22-23-24-25-26-27-28-29-30-31-32-33-34-35-36-37-38-39-40-41-42-43-44-45-46-48-50-52-54-56-58-64(68)65-62(61-72-73(69,70)71-60-59-66(3,4)5)63(67)57-55-53-51-49-47-19-17-15-13-11-9-7-2/h18,20,22-23,55,57,62-63,67H,6-17,19,21,24-54,56,58-61H2,1-5H3,(H-,65,68,69,70)/b20-18-,23-22-,57-55+. The SMILES string of the molecule is CCCCCCC/C=C\C/C=C\CCCCCCCCCCCCCCCCCCCCCCCCCCCCCC(=O)NC(COP(=O)([O-])OCC[N+](C)(C)C)C(O)/C=C/CCCCCCCCCCCC. The molecule has 1 amide bonds. The van der Waals surface area contributed by atoms with Crippen molar-refractivity contribution in [3.8, 4) is 0 Å². The number of carbonyl (C=O) groups excluding carboxylic acids is 1. The molecule has 0 radical (unpaired) electrons. The van der Waals surface area contributed by atoms with E-state index >= 15 is 0 Å². The van der Waals surface area contributed by atoms with E-state index in [9.17, 15) is 19.4 Å². The predicted molar refractivity (Wildman–Crippen MR) is 316 cm³/mol. The summed E-state index contributed by atoms with van der Waals surface area (Å²) in [7, 11) is 1.27. The Morgan fingerprint density at radius 1 is 0.479 bits per heavy atom. The van der Waals surface area contributed by atoms with E-state index in [-0.39, 0.29) is 19.1 Å². The number of aliphatic hydroxyl groups is 1. The molecule has 3 unspecified atom stereocenters. The van der Waals surface area contributed by atoms with Gasteiger partial charge in [0.1, 0.15) is 13.2 Å². The Bertz CT molecular complexity index is 1280. The minimum Gasteiger partial charge on any atom is -0.756 e. The summed E-state index contributed by atoms with van der Waals surface area (Å²) < 4.78 is 23.3. The van der Waals surface area contributed by atoms with Crippen LogP contribution in [0.3, 0.4) is 0 Å². The van der Waals surface area contributed by atoms with E-state index in [1.807, 2.05) is 27.2 Å². The third kappa shape index (κ3) is 58.2. The number of amides is 1. The summed E-state index contributed by atoms with van der Waals surface area (Å²) in [6.07, 6.45) is 72.7. The number of nitrogens with zero attached hydrogens (tertiary/aromatic N) is 1. The Balaban J connectivity index is 3.84. The molecule has 0 heterocycles. The minimum absolute atomic E-state index is 0.00113. The summed E-state index contributed by atoms with van der Waals surface area (Å²) in [6, 6.07) is -0.883. The Kier molecular flexibility index (Phi) is 54.5. The number of hydrogen-bond donors (Lipinski definition) is 2. The molecule has 0 bridgehead atoms. The molecule has 0 aliphatic carbocycles. The molecule has 0 aromatic heterocycles. The number of allylic oxidation sites excluding steroid dienone is 5. The van der Waals surface area contributed by atoms with Crippen molar-refractivity contribution in [2.45, 2.75) is 328 Å². The zero-order chi connectivity index (χ0) is 53.5. The van der Waals surface area contributed by atoms with Crippen LogP contribution >= 0.6 is 7.82 Å². The molecule has 8 nitrogen and oxygen atoms in total. The van der Waals surface area contributed by atoms with Gasteiger partial charge in [-0.15, -0.1) is 0 Å². The molecule has 0 aromatic carbocycles. The second kappa shape index (κ2) is 55.5. The van der Waals surface area contributed by atoms with Crippen molar-refractivity contribution < 1.29 is 32.9 Å². The summed E-state index contributed by atoms with van der Waals surface area (Å²) in [5.74, 6) is -0.193. The molecular weight excluding hydrogens is 924 g/mol. The lowest BCUT2D eigenvalue weighted by atomic mass is 10.0. The third-order valence-electron chi connectivity index (χ3n) is 14.6. The average molecular weight is 1050 g/mol. The van der Waals surface area contributed by atoms with Crippen molar-refractivity contribution >= 4 is 13.7 Å². The quantitative estimate of drug-likeness (QED) is 0.0272. The molecule has 0 saturated heterocycles. The van der Waals surface area contributed by atoms with Gasteiger partial charge in [0.2, 0.25) is 5.91 Å². The Hall–Kier alpha value is -1.28. The monoisotopic (exact) mass is 1050 g/mol. The fourth-order valence-corrected chi connectivity index (χ4v) is 10.3. The van der Waals surface area contributed by atoms with Crippen LogP contribution in [0.15, 0.2) is 36.5 Å². The van der Waals surface area contributed by atoms with Crippen LogP contribution < -0.4 is 10.2 Å². The molecule has 3 atom stereocenters. The maximum Gasteiger partial charge on any atom is 0.268 e. The smallest absolute Gasteiger partial charge is 0.268 e. The van der Waals surface area contributed by atoms with Gasteiger partial charge in [-0.3, -0.25) is 9.36 Å². The number of phosphoric acid groups is 1. The first-order valence-electron chi connectivity index (χ1n) is 31.9. The van der Waals surface area contributed by atoms with Crippen LogP contribution in [0.5, 0.6) is 0 Å². The maximum absolute atomic E-state index is 12.9. The zero-order valence-corrected chi connectivity index (χ0v) is 50.3. The number of likely N-dealkylation sites (N-methyl/N-ethyl adjacent to an activating group) is 1. The van der Waals surface area contributed by atoms with Crippen LogP contribution in [0.25, 0.3) is 0 Å². The van der Waals surface area contributed by atoms with Gasteiger partial charge in [0.25, 0.3) is 7.82 Å². The highest BCUT2D eigenvalue weighted by molar-refractivity contribution is 7.45. The highest BCUT2D eigenvalue weighted by Crippen LogP contribution is 2.38. The molecule has 0 spiro atoms. The summed E-state index contributed by atoms with van der Waals surface area (Å²) in [4.78, 5) is 25.5. The number of hydrogen-bond acceptors (Lipinski definition) is 6. The van der Waals surface area contributed by atoms with Crippen molar-refractivity contribution in [3.63, 3.8) is 0 Å². The molecule has 432 valence electrons. The molecule has 0 rings (SSSR count). The van der Waals surface area contributed by atoms with Crippen LogP contribution in [-0.2, 0) is 18.4 Å². The van der Waals surface area contributed by atoms with Crippen LogP contribution in [0, 0.1) is 0 Å². The first-order valence-corrected chi connectivity index (χ1v) is 33.3. The van der Waals surface area contributed by atoms with Gasteiger partial charge in [-0.1, -0.05) is 294 Å². The summed E-state index contributed by atoms with van der Waals surface area (Å²) in [6.45, 7) is 4.66. The second-order valence-corrected chi connectivity index (χ2v) is 24.5. The maximum atomic E-state index is 12.9. The zero-order valence-electron chi connectivity index (χ0n) is 49.4. The number of phosphoric ester groups is 1. The average Bonchev–Trinajstić information content (AvgIpc) is 3.35. The van der Waals surface area contributed by atoms with Crippen LogP contribution in [0.2, 0.25) is 0 Å². The normalized spacial score (nSPS) is 14.0. The number of quaternary nitrogens is 1. The molecule has 0 aliphatic rings. The van der Waals surface area contributed by atoms with E-state index in [0.29, 0.717) is 17.4 Å². The van der Waals surface area contributed by atoms with Gasteiger partial charge in [0, 0.05) is 6.42 Å². The first-order chi connectivity index (χ1) is 35.5. The highest BCUT2D eigenvalue weighted by atomic mass is 31.2. The molecule has 0 aromatic rings. The lowest BCUT2D eigenvalue weighted by Crippen LogP contribution is -2.45. The van der Waals surface area contributed by atoms with Crippen molar-refractivity contribution in [2.75, 3.05) is 40.9 Å². The van der Waals surface area contributed by atoms with Crippen molar-refractivity contribution in [1.82, 2.24) is 5.32 Å². The largest absolute Gasteiger partial charge is 0.756 e. The van der Waals surface area contributed by atoms with E-state index in [2.05, 4.69) is 43.5 Å². The van der Waals surface area contributed by atoms with Gasteiger partial charge in [-0.2, -0.15) is 0 Å². The van der Waals surface area contributed by atoms with Crippen LogP contribution in [0.4, 0.5) is 0 Å². The van der Waals surface area contributed by atoms with E-state index in [1.165, 1.54) is 250 Å². The van der Waals surface area contributed by atoms with Gasteiger partial charge in [0.05, 0.1) is 39.9 Å². The topological polar surface area (TPSA) is 108 Å². The van der Waals surface area contributed by atoms with Gasteiger partial charge in [-0.25, -0.2) is 0 Å². The number of rotatable bonds is 59. The van der Waals surface area contributed by atoms with Gasteiger partial charge in [0.15, 0.2) is 0 Å². The van der Waals surface area contributed by atoms with E-state index in [4.69, 9.17) is 9.05 Å². The Morgan fingerprint density at radius 2 is 0.795 bits per heavy atom. The van der Waals surface area contributed by atoms with Gasteiger partial charge < -0.3 is 28.8 Å². The number of unbranched alkanes of at least 4 members (excludes halogenated alkanes) is 42. The molecule has 2 N–H and O–H groups in total. The summed E-state index contributed by atoms with van der Waals surface area (Å²) in [5.41, 5.74) is 0. The van der Waals surface area contributed by atoms with Gasteiger partial charge in [-0.05, 0) is 51.4 Å². The van der Waals surface area contributed by atoms with Crippen molar-refractivity contribution in [1.29, 1.82) is 0 Å². The molecule has 73 heavy (non-hydrogen) atoms. The van der Waals surface area contributed by atoms with E-state index in [1.54, 1.807) is 6.08 Å². The van der Waals surface area contributed by atoms with E-state index < -0.39 is 20.0 Å². The fraction of sp³-hybridized carbons (Fsp3) is 0.891. The van der Waals surface area contributed by atoms with Crippen molar-refractivity contribution in [3.05, 3.63) is 36.5 Å². The van der Waals surface area contributed by atoms with E-state index in [0.717, 1.165) is 44.9 Å². The number of carbonyl (C=O) groups is 1. The molecule has 9 heteroatoms. The summed E-state index contributed by atoms with van der Waals surface area (Å²) >= 11 is 0. The molecule has 0 saturated carbocycles. The fourth-order valence-electron chi connectivity index (χ4n) is 9.60. The third-order valence-corrected chi connectivity index (χ3v) is 15.6. The number of aliphatic hydroxyl groups excluding tert-OH is 1. The number of nitrogens with one attached hydrogen (secondary N) is 1. The predicted octanol–water partition coefficient (Wildman–Crippen LogP) is 19.1. The molecular formula is C64H125N2O6P. The summed E-state index contributed by atoms with van der Waals surface area (Å²) in [5, 5.41) is 13.8. The Morgan fingerprint density at radius 3 is 1.14 bits per heavy atom. The van der Waals surface area contributed by atoms with Crippen molar-refractivity contribution in [2.24, 2.45) is 0 Å². The van der Waals surface area contributed by atoms with Gasteiger partial charge >= 0.3 is 0 Å². The molecule has 0 aliphatic heterocycles. The van der Waals surface area contributed by atoms with Crippen LogP contribution in [0.1, 0.15) is 316 Å².